The Kier molecular flexibility index (Phi) is 8.29. The molecule has 0 fully saturated rings. The molecule has 2 amide bonds. The third-order valence-corrected chi connectivity index (χ3v) is 3.26. The van der Waals surface area contributed by atoms with Gasteiger partial charge in [0.05, 0.1) is 11.1 Å². The molecule has 2 aromatic heterocycles. The summed E-state index contributed by atoms with van der Waals surface area (Å²) < 4.78 is 0. The first-order valence-corrected chi connectivity index (χ1v) is 7.91. The number of hydrogen-bond donors (Lipinski definition) is 1. The molecule has 0 unspecified atom stereocenters. The Morgan fingerprint density at radius 2 is 1.46 bits per heavy atom. The number of anilines is 2. The van der Waals surface area contributed by atoms with E-state index in [1.54, 1.807) is 38.2 Å². The fourth-order valence-corrected chi connectivity index (χ4v) is 1.91. The minimum absolute atomic E-state index is 0.112. The van der Waals surface area contributed by atoms with Gasteiger partial charge in [0.2, 0.25) is 11.8 Å². The number of pyridine rings is 2. The highest BCUT2D eigenvalue weighted by molar-refractivity contribution is 6.15. The van der Waals surface area contributed by atoms with Gasteiger partial charge in [0.15, 0.2) is 18.4 Å². The molecule has 2 aromatic rings. The lowest BCUT2D eigenvalue weighted by molar-refractivity contribution is -0.126. The zero-order chi connectivity index (χ0) is 19.5. The van der Waals surface area contributed by atoms with Crippen LogP contribution in [-0.2, 0) is 9.59 Å². The largest absolute Gasteiger partial charge is 0.383 e. The second-order valence-electron chi connectivity index (χ2n) is 4.96. The minimum atomic E-state index is -0.362. The van der Waals surface area contributed by atoms with Crippen LogP contribution >= 0.6 is 0 Å². The summed E-state index contributed by atoms with van der Waals surface area (Å²) in [6, 6.07) is 6.39. The number of carbonyl (C=O) groups is 4. The van der Waals surface area contributed by atoms with Gasteiger partial charge >= 0.3 is 0 Å². The molecule has 0 atom stereocenters. The normalized spacial score (nSPS) is 9.46. The number of nitrogen functional groups attached to an aromatic ring is 1. The smallest absolute Gasteiger partial charge is 0.234 e. The van der Waals surface area contributed by atoms with Crippen molar-refractivity contribution in [2.75, 3.05) is 10.6 Å². The Morgan fingerprint density at radius 3 is 1.88 bits per heavy atom. The van der Waals surface area contributed by atoms with Crippen LogP contribution in [0.2, 0.25) is 0 Å². The maximum atomic E-state index is 11.7. The van der Waals surface area contributed by atoms with Gasteiger partial charge in [0.25, 0.3) is 0 Å². The van der Waals surface area contributed by atoms with Crippen LogP contribution in [0.25, 0.3) is 0 Å². The number of aldehydes is 2. The predicted molar refractivity (Wildman–Crippen MR) is 96.7 cm³/mol. The van der Waals surface area contributed by atoms with Gasteiger partial charge < -0.3 is 5.73 Å². The van der Waals surface area contributed by atoms with Crippen LogP contribution in [0.5, 0.6) is 0 Å². The Hall–Kier alpha value is -3.42. The average molecular weight is 356 g/mol. The molecule has 2 rings (SSSR count). The molecule has 26 heavy (non-hydrogen) atoms. The van der Waals surface area contributed by atoms with Gasteiger partial charge in [-0.2, -0.15) is 0 Å². The summed E-state index contributed by atoms with van der Waals surface area (Å²) in [5, 5.41) is 0. The Balaban J connectivity index is 0.000000314. The van der Waals surface area contributed by atoms with Crippen molar-refractivity contribution in [3.8, 4) is 0 Å². The van der Waals surface area contributed by atoms with Crippen molar-refractivity contribution in [1.82, 2.24) is 9.97 Å². The van der Waals surface area contributed by atoms with E-state index in [9.17, 15) is 19.2 Å². The summed E-state index contributed by atoms with van der Waals surface area (Å²) in [6.07, 6.45) is 4.62. The predicted octanol–water partition coefficient (Wildman–Crippen LogP) is 2.05. The fourth-order valence-electron chi connectivity index (χ4n) is 1.91. The quantitative estimate of drug-likeness (QED) is 0.813. The minimum Gasteiger partial charge on any atom is -0.383 e. The lowest BCUT2D eigenvalue weighted by Gasteiger charge is -2.19. The molecule has 0 spiro atoms. The lowest BCUT2D eigenvalue weighted by atomic mass is 10.2. The molecule has 0 bridgehead atoms. The Bertz CT molecular complexity index is 776. The summed E-state index contributed by atoms with van der Waals surface area (Å²) in [7, 11) is 0. The topological polar surface area (TPSA) is 123 Å². The molecule has 0 aliphatic heterocycles. The molecule has 0 aromatic carbocycles. The van der Waals surface area contributed by atoms with Gasteiger partial charge in [0, 0.05) is 25.2 Å². The molecular formula is C18H20N4O4. The van der Waals surface area contributed by atoms with E-state index in [1.807, 2.05) is 0 Å². The zero-order valence-electron chi connectivity index (χ0n) is 14.6. The van der Waals surface area contributed by atoms with E-state index >= 15 is 0 Å². The Labute approximate surface area is 151 Å². The molecule has 2 heterocycles. The number of rotatable bonds is 5. The lowest BCUT2D eigenvalue weighted by Crippen LogP contribution is -2.37. The van der Waals surface area contributed by atoms with Crippen molar-refractivity contribution < 1.29 is 19.2 Å². The van der Waals surface area contributed by atoms with Crippen LogP contribution in [0.1, 0.15) is 47.4 Å². The fraction of sp³-hybridized carbons (Fsp3) is 0.222. The molecule has 8 heteroatoms. The van der Waals surface area contributed by atoms with Crippen LogP contribution in [0.15, 0.2) is 36.7 Å². The number of nitrogens with two attached hydrogens (primary N) is 1. The van der Waals surface area contributed by atoms with Gasteiger partial charge in [-0.1, -0.05) is 13.8 Å². The summed E-state index contributed by atoms with van der Waals surface area (Å²) in [5.74, 6) is -0.328. The molecule has 136 valence electrons. The first-order chi connectivity index (χ1) is 12.5. The van der Waals surface area contributed by atoms with Crippen LogP contribution < -0.4 is 10.6 Å². The summed E-state index contributed by atoms with van der Waals surface area (Å²) in [5.41, 5.74) is 5.96. The van der Waals surface area contributed by atoms with Crippen molar-refractivity contribution in [2.45, 2.75) is 26.7 Å². The van der Waals surface area contributed by atoms with Gasteiger partial charge in [-0.3, -0.25) is 19.2 Å². The molecule has 0 radical (unpaired) electrons. The van der Waals surface area contributed by atoms with E-state index in [0.717, 1.165) is 4.90 Å². The second kappa shape index (κ2) is 10.4. The number of hydrogen-bond acceptors (Lipinski definition) is 7. The van der Waals surface area contributed by atoms with Crippen molar-refractivity contribution >= 4 is 36.0 Å². The summed E-state index contributed by atoms with van der Waals surface area (Å²) >= 11 is 0. The van der Waals surface area contributed by atoms with Gasteiger partial charge in [-0.25, -0.2) is 14.9 Å². The molecule has 0 aliphatic carbocycles. The molecule has 8 nitrogen and oxygen atoms in total. The zero-order valence-corrected chi connectivity index (χ0v) is 14.6. The molecule has 0 saturated carbocycles. The van der Waals surface area contributed by atoms with Gasteiger partial charge in [-0.05, 0) is 24.3 Å². The first-order valence-electron chi connectivity index (χ1n) is 7.91. The van der Waals surface area contributed by atoms with E-state index in [1.165, 1.54) is 12.3 Å². The number of amides is 2. The van der Waals surface area contributed by atoms with E-state index in [-0.39, 0.29) is 41.9 Å². The van der Waals surface area contributed by atoms with Crippen molar-refractivity contribution in [3.63, 3.8) is 0 Å². The monoisotopic (exact) mass is 356 g/mol. The third kappa shape index (κ3) is 5.30. The van der Waals surface area contributed by atoms with Crippen LogP contribution in [0.3, 0.4) is 0 Å². The maximum Gasteiger partial charge on any atom is 0.234 e. The van der Waals surface area contributed by atoms with Gasteiger partial charge in [-0.15, -0.1) is 0 Å². The number of aromatic nitrogens is 2. The second-order valence-corrected chi connectivity index (χ2v) is 4.96. The number of nitrogens with zero attached hydrogens (tertiary/aromatic N) is 3. The van der Waals surface area contributed by atoms with Crippen LogP contribution in [0, 0.1) is 0 Å². The summed E-state index contributed by atoms with van der Waals surface area (Å²) in [6.45, 7) is 3.31. The van der Waals surface area contributed by atoms with Crippen molar-refractivity contribution in [2.24, 2.45) is 0 Å². The van der Waals surface area contributed by atoms with Crippen LogP contribution in [0.4, 0.5) is 11.6 Å². The van der Waals surface area contributed by atoms with E-state index in [2.05, 4.69) is 9.97 Å². The van der Waals surface area contributed by atoms with Crippen molar-refractivity contribution in [1.29, 1.82) is 0 Å². The highest BCUT2D eigenvalue weighted by atomic mass is 16.2. The molecular weight excluding hydrogens is 336 g/mol. The van der Waals surface area contributed by atoms with Crippen LogP contribution in [-0.4, -0.2) is 34.4 Å². The molecule has 2 N–H and O–H groups in total. The molecule has 0 aliphatic rings. The average Bonchev–Trinajstić information content (AvgIpc) is 2.69. The number of carbonyl (C=O) groups excluding carboxylic acids is 4. The third-order valence-electron chi connectivity index (χ3n) is 3.26. The van der Waals surface area contributed by atoms with Gasteiger partial charge in [0.1, 0.15) is 5.82 Å². The van der Waals surface area contributed by atoms with E-state index < -0.39 is 0 Å². The Morgan fingerprint density at radius 1 is 0.962 bits per heavy atom. The first kappa shape index (κ1) is 20.6. The highest BCUT2D eigenvalue weighted by Crippen LogP contribution is 2.17. The number of imide groups is 1. The van der Waals surface area contributed by atoms with Crippen molar-refractivity contribution in [3.05, 3.63) is 47.8 Å². The SMILES string of the molecule is CCC(=O)N(C(=O)CC)c1ncccc1C=O.Nc1ncccc1C=O. The highest BCUT2D eigenvalue weighted by Gasteiger charge is 2.23. The standard InChI is InChI=1S/C12H14N2O3.C6H6N2O/c1-3-10(16)14(11(17)4-2)12-9(8-15)6-5-7-13-12;7-6-5(4-9)2-1-3-8-6/h5-8H,3-4H2,1-2H3;1-4H,(H2,7,8). The molecule has 0 saturated heterocycles. The van der Waals surface area contributed by atoms with E-state index in [4.69, 9.17) is 5.73 Å². The van der Waals surface area contributed by atoms with E-state index in [0.29, 0.717) is 18.1 Å². The maximum absolute atomic E-state index is 11.7. The summed E-state index contributed by atoms with van der Waals surface area (Å²) in [4.78, 5) is 53.0.